The summed E-state index contributed by atoms with van der Waals surface area (Å²) < 4.78 is 8.09. The molecule has 0 aliphatic heterocycles. The van der Waals surface area contributed by atoms with E-state index in [0.29, 0.717) is 11.6 Å². The second-order valence-electron chi connectivity index (χ2n) is 6.95. The molecule has 0 aliphatic carbocycles. The van der Waals surface area contributed by atoms with Gasteiger partial charge in [-0.25, -0.2) is 4.98 Å². The molecule has 31 heavy (non-hydrogen) atoms. The Labute approximate surface area is 187 Å². The van der Waals surface area contributed by atoms with E-state index in [-0.39, 0.29) is 11.4 Å². The van der Waals surface area contributed by atoms with E-state index in [4.69, 9.17) is 4.74 Å². The molecule has 1 unspecified atom stereocenters. The van der Waals surface area contributed by atoms with Gasteiger partial charge in [-0.15, -0.1) is 0 Å². The molecule has 0 spiro atoms. The largest absolute Gasteiger partial charge is 0.481 e. The fraction of sp³-hybridized carbons (Fsp3) is 0.130. The van der Waals surface area contributed by atoms with Crippen LogP contribution in [-0.2, 0) is 4.79 Å². The number of para-hydroxylation sites is 1. The zero-order valence-corrected chi connectivity index (χ0v) is 18.4. The Bertz CT molecular complexity index is 1310. The number of benzene rings is 2. The van der Waals surface area contributed by atoms with Gasteiger partial charge in [0, 0.05) is 9.86 Å². The fourth-order valence-electron chi connectivity index (χ4n) is 3.15. The molecule has 4 rings (SSSR count). The summed E-state index contributed by atoms with van der Waals surface area (Å²) in [5, 5.41) is 17.6. The van der Waals surface area contributed by atoms with Crippen LogP contribution in [0.2, 0.25) is 0 Å². The average molecular weight is 476 g/mol. The molecular weight excluding hydrogens is 458 g/mol. The van der Waals surface area contributed by atoms with Crippen molar-refractivity contribution in [2.75, 3.05) is 5.32 Å². The van der Waals surface area contributed by atoms with Crippen molar-refractivity contribution in [1.29, 1.82) is 5.26 Å². The Balaban J connectivity index is 1.63. The number of nitrogens with one attached hydrogen (secondary N) is 1. The number of halogens is 1. The van der Waals surface area contributed by atoms with Crippen molar-refractivity contribution in [2.24, 2.45) is 0 Å². The van der Waals surface area contributed by atoms with Crippen molar-refractivity contribution in [1.82, 2.24) is 14.8 Å². The third-order valence-corrected chi connectivity index (χ3v) is 5.28. The summed E-state index contributed by atoms with van der Waals surface area (Å²) in [5.74, 6) is 0.917. The predicted molar refractivity (Wildman–Crippen MR) is 121 cm³/mol. The minimum absolute atomic E-state index is 0.233. The van der Waals surface area contributed by atoms with E-state index in [1.807, 2.05) is 49.4 Å². The highest BCUT2D eigenvalue weighted by Crippen LogP contribution is 2.24. The molecule has 2 aromatic heterocycles. The Morgan fingerprint density at radius 1 is 1.23 bits per heavy atom. The van der Waals surface area contributed by atoms with Crippen molar-refractivity contribution in [3.63, 3.8) is 0 Å². The van der Waals surface area contributed by atoms with Gasteiger partial charge in [0.2, 0.25) is 0 Å². The van der Waals surface area contributed by atoms with E-state index in [1.165, 1.54) is 10.9 Å². The third-order valence-electron chi connectivity index (χ3n) is 4.75. The van der Waals surface area contributed by atoms with Gasteiger partial charge in [0.05, 0.1) is 11.7 Å². The molecule has 1 amide bonds. The normalized spacial score (nSPS) is 11.7. The number of nitriles is 1. The van der Waals surface area contributed by atoms with Crippen LogP contribution >= 0.6 is 15.9 Å². The minimum atomic E-state index is -0.789. The maximum Gasteiger partial charge on any atom is 0.266 e. The molecule has 0 bridgehead atoms. The first kappa shape index (κ1) is 20.6. The van der Waals surface area contributed by atoms with Gasteiger partial charge in [0.1, 0.15) is 17.4 Å². The SMILES string of the molecule is Cc1cc(-n2ncc(C#N)c2NC(=O)C(C)Oc2ccc(Br)cc2)nc2ccccc12. The zero-order chi connectivity index (χ0) is 22.0. The zero-order valence-electron chi connectivity index (χ0n) is 16.8. The lowest BCUT2D eigenvalue weighted by Gasteiger charge is -2.16. The summed E-state index contributed by atoms with van der Waals surface area (Å²) in [5.41, 5.74) is 2.05. The summed E-state index contributed by atoms with van der Waals surface area (Å²) in [6.45, 7) is 3.62. The van der Waals surface area contributed by atoms with Gasteiger partial charge in [-0.3, -0.25) is 4.79 Å². The van der Waals surface area contributed by atoms with Crippen LogP contribution in [0.5, 0.6) is 5.75 Å². The molecule has 1 N–H and O–H groups in total. The summed E-state index contributed by atoms with van der Waals surface area (Å²) in [7, 11) is 0. The number of hydrogen-bond acceptors (Lipinski definition) is 5. The van der Waals surface area contributed by atoms with Gasteiger partial charge in [-0.2, -0.15) is 15.0 Å². The van der Waals surface area contributed by atoms with Crippen molar-refractivity contribution in [3.05, 3.63) is 76.4 Å². The van der Waals surface area contributed by atoms with E-state index in [0.717, 1.165) is 20.9 Å². The van der Waals surface area contributed by atoms with Gasteiger partial charge in [0.25, 0.3) is 5.91 Å². The number of fused-ring (bicyclic) bond motifs is 1. The highest BCUT2D eigenvalue weighted by molar-refractivity contribution is 9.10. The molecule has 2 aromatic carbocycles. The molecule has 0 fully saturated rings. The molecule has 1 atom stereocenters. The van der Waals surface area contributed by atoms with Crippen molar-refractivity contribution >= 4 is 38.6 Å². The summed E-state index contributed by atoms with van der Waals surface area (Å²) >= 11 is 3.37. The van der Waals surface area contributed by atoms with Crippen LogP contribution in [0.25, 0.3) is 16.7 Å². The summed E-state index contributed by atoms with van der Waals surface area (Å²) in [6.07, 6.45) is 0.615. The first-order valence-electron chi connectivity index (χ1n) is 9.54. The topological polar surface area (TPSA) is 92.8 Å². The average Bonchev–Trinajstić information content (AvgIpc) is 3.17. The first-order chi connectivity index (χ1) is 15.0. The second-order valence-corrected chi connectivity index (χ2v) is 7.86. The highest BCUT2D eigenvalue weighted by atomic mass is 79.9. The molecule has 0 aliphatic rings. The highest BCUT2D eigenvalue weighted by Gasteiger charge is 2.21. The first-order valence-corrected chi connectivity index (χ1v) is 10.3. The van der Waals surface area contributed by atoms with Crippen LogP contribution in [-0.4, -0.2) is 26.8 Å². The molecule has 0 saturated heterocycles. The molecule has 154 valence electrons. The molecule has 2 heterocycles. The maximum absolute atomic E-state index is 12.8. The number of aromatic nitrogens is 3. The van der Waals surface area contributed by atoms with E-state index in [2.05, 4.69) is 37.4 Å². The standard InChI is InChI=1S/C23H18BrN5O2/c1-14-11-21(27-20-6-4-3-5-19(14)20)29-22(16(12-25)13-26-29)28-23(30)15(2)31-18-9-7-17(24)8-10-18/h3-11,13,15H,1-2H3,(H,28,30). The lowest BCUT2D eigenvalue weighted by molar-refractivity contribution is -0.122. The van der Waals surface area contributed by atoms with Crippen LogP contribution < -0.4 is 10.1 Å². The summed E-state index contributed by atoms with van der Waals surface area (Å²) in [6, 6.07) is 18.9. The van der Waals surface area contributed by atoms with Gasteiger partial charge < -0.3 is 10.1 Å². The molecule has 0 radical (unpaired) electrons. The molecule has 8 heteroatoms. The lowest BCUT2D eigenvalue weighted by atomic mass is 10.1. The Morgan fingerprint density at radius 2 is 1.97 bits per heavy atom. The van der Waals surface area contributed by atoms with Gasteiger partial charge >= 0.3 is 0 Å². The van der Waals surface area contributed by atoms with Crippen LogP contribution in [0.15, 0.2) is 65.3 Å². The number of ether oxygens (including phenoxy) is 1. The van der Waals surface area contributed by atoms with Crippen molar-refractivity contribution in [3.8, 4) is 17.6 Å². The number of hydrogen-bond donors (Lipinski definition) is 1. The summed E-state index contributed by atoms with van der Waals surface area (Å²) in [4.78, 5) is 17.4. The Kier molecular flexibility index (Phi) is 5.69. The van der Waals surface area contributed by atoms with E-state index >= 15 is 0 Å². The van der Waals surface area contributed by atoms with Crippen molar-refractivity contribution in [2.45, 2.75) is 20.0 Å². The number of pyridine rings is 1. The molecule has 4 aromatic rings. The van der Waals surface area contributed by atoms with Crippen LogP contribution in [0.3, 0.4) is 0 Å². The Morgan fingerprint density at radius 3 is 2.71 bits per heavy atom. The molecule has 0 saturated carbocycles. The second kappa shape index (κ2) is 8.58. The fourth-order valence-corrected chi connectivity index (χ4v) is 3.42. The quantitative estimate of drug-likeness (QED) is 0.448. The number of nitrogens with zero attached hydrogens (tertiary/aromatic N) is 4. The number of rotatable bonds is 5. The van der Waals surface area contributed by atoms with E-state index in [9.17, 15) is 10.1 Å². The van der Waals surface area contributed by atoms with Crippen molar-refractivity contribution < 1.29 is 9.53 Å². The smallest absolute Gasteiger partial charge is 0.266 e. The number of aryl methyl sites for hydroxylation is 1. The monoisotopic (exact) mass is 475 g/mol. The number of carbonyl (C=O) groups excluding carboxylic acids is 1. The Hall–Kier alpha value is -3.70. The molecule has 7 nitrogen and oxygen atoms in total. The minimum Gasteiger partial charge on any atom is -0.481 e. The van der Waals surface area contributed by atoms with E-state index < -0.39 is 12.0 Å². The number of carbonyl (C=O) groups is 1. The van der Waals surface area contributed by atoms with Gasteiger partial charge in [0.15, 0.2) is 17.7 Å². The van der Waals surface area contributed by atoms with Crippen LogP contribution in [0.4, 0.5) is 5.82 Å². The van der Waals surface area contributed by atoms with Gasteiger partial charge in [-0.1, -0.05) is 34.1 Å². The van der Waals surface area contributed by atoms with Crippen LogP contribution in [0, 0.1) is 18.3 Å². The molecular formula is C23H18BrN5O2. The third kappa shape index (κ3) is 4.27. The maximum atomic E-state index is 12.8. The van der Waals surface area contributed by atoms with E-state index in [1.54, 1.807) is 19.1 Å². The number of anilines is 1. The number of amides is 1. The van der Waals surface area contributed by atoms with Gasteiger partial charge in [-0.05, 0) is 55.8 Å². The lowest BCUT2D eigenvalue weighted by Crippen LogP contribution is -2.31. The predicted octanol–water partition coefficient (Wildman–Crippen LogP) is 4.77. The van der Waals surface area contributed by atoms with Crippen LogP contribution in [0.1, 0.15) is 18.1 Å².